The molecule has 0 aliphatic carbocycles. The van der Waals surface area contributed by atoms with E-state index in [4.69, 9.17) is 4.74 Å². The number of piperidine rings is 1. The van der Waals surface area contributed by atoms with E-state index in [0.717, 1.165) is 38.1 Å². The van der Waals surface area contributed by atoms with Crippen molar-refractivity contribution in [2.45, 2.75) is 52.2 Å². The third-order valence-corrected chi connectivity index (χ3v) is 5.31. The summed E-state index contributed by atoms with van der Waals surface area (Å²) in [4.78, 5) is 23.7. The Balaban J connectivity index is 1.41. The molecule has 3 heterocycles. The van der Waals surface area contributed by atoms with Crippen LogP contribution in [-0.4, -0.2) is 90.8 Å². The van der Waals surface area contributed by atoms with E-state index in [0.29, 0.717) is 13.1 Å². The van der Waals surface area contributed by atoms with Crippen LogP contribution < -0.4 is 5.32 Å². The van der Waals surface area contributed by atoms with Gasteiger partial charge in [0.1, 0.15) is 5.60 Å². The molecule has 7 nitrogen and oxygen atoms in total. The van der Waals surface area contributed by atoms with E-state index in [-0.39, 0.29) is 12.1 Å². The third-order valence-electron chi connectivity index (χ3n) is 5.31. The molecule has 3 aliphatic heterocycles. The van der Waals surface area contributed by atoms with Crippen LogP contribution in [0.2, 0.25) is 0 Å². The van der Waals surface area contributed by atoms with E-state index < -0.39 is 5.60 Å². The van der Waals surface area contributed by atoms with Crippen LogP contribution >= 0.6 is 0 Å². The predicted molar refractivity (Wildman–Crippen MR) is 103 cm³/mol. The molecule has 3 aliphatic rings. The maximum atomic E-state index is 12.3. The van der Waals surface area contributed by atoms with Gasteiger partial charge in [-0.3, -0.25) is 4.99 Å². The number of amides is 1. The predicted octanol–water partition coefficient (Wildman–Crippen LogP) is 1.60. The number of carbonyl (C=O) groups is 1. The minimum absolute atomic E-state index is 0.210. The number of guanidine groups is 1. The van der Waals surface area contributed by atoms with Gasteiger partial charge in [-0.05, 0) is 46.1 Å². The van der Waals surface area contributed by atoms with Gasteiger partial charge in [0, 0.05) is 39.3 Å². The fraction of sp³-hybridized carbons (Fsp3) is 0.895. The topological polar surface area (TPSA) is 60.4 Å². The van der Waals surface area contributed by atoms with Crippen molar-refractivity contribution in [3.05, 3.63) is 0 Å². The van der Waals surface area contributed by atoms with Crippen LogP contribution in [0.1, 0.15) is 40.5 Å². The Labute approximate surface area is 157 Å². The first kappa shape index (κ1) is 19.3. The quantitative estimate of drug-likeness (QED) is 0.823. The van der Waals surface area contributed by atoms with Crippen LogP contribution in [0.25, 0.3) is 0 Å². The highest BCUT2D eigenvalue weighted by molar-refractivity contribution is 5.82. The van der Waals surface area contributed by atoms with Crippen LogP contribution in [0.4, 0.5) is 4.79 Å². The maximum Gasteiger partial charge on any atom is 0.410 e. The van der Waals surface area contributed by atoms with Crippen LogP contribution in [0, 0.1) is 5.92 Å². The Morgan fingerprint density at radius 3 is 2.81 bits per heavy atom. The summed E-state index contributed by atoms with van der Waals surface area (Å²) >= 11 is 0. The molecular weight excluding hydrogens is 330 g/mol. The van der Waals surface area contributed by atoms with Crippen molar-refractivity contribution in [2.75, 3.05) is 52.4 Å². The molecule has 0 aromatic rings. The molecule has 0 spiro atoms. The molecule has 0 saturated carbocycles. The van der Waals surface area contributed by atoms with Gasteiger partial charge in [0.2, 0.25) is 0 Å². The molecule has 148 valence electrons. The van der Waals surface area contributed by atoms with Gasteiger partial charge in [0.15, 0.2) is 5.96 Å². The van der Waals surface area contributed by atoms with Crippen molar-refractivity contribution >= 4 is 12.1 Å². The zero-order valence-electron chi connectivity index (χ0n) is 16.8. The van der Waals surface area contributed by atoms with E-state index in [1.807, 2.05) is 25.7 Å². The molecule has 26 heavy (non-hydrogen) atoms. The second-order valence-corrected chi connectivity index (χ2v) is 8.91. The minimum atomic E-state index is -0.445. The minimum Gasteiger partial charge on any atom is -0.444 e. The zero-order chi connectivity index (χ0) is 18.7. The molecule has 0 bridgehead atoms. The van der Waals surface area contributed by atoms with Crippen LogP contribution in [-0.2, 0) is 4.74 Å². The second-order valence-electron chi connectivity index (χ2n) is 8.91. The smallest absolute Gasteiger partial charge is 0.410 e. The normalized spacial score (nSPS) is 27.2. The summed E-state index contributed by atoms with van der Waals surface area (Å²) in [5.41, 5.74) is -0.445. The second kappa shape index (κ2) is 8.03. The first-order chi connectivity index (χ1) is 12.3. The number of rotatable bonds is 3. The summed E-state index contributed by atoms with van der Waals surface area (Å²) in [5, 5.41) is 3.52. The number of aliphatic imine (C=N–C) groups is 1. The SMILES string of the molecule is CC1CCCN(CCNC2=NCC3CN(C(=O)OC(C)(C)C)CCN23)C1. The molecular formula is C19H35N5O2. The van der Waals surface area contributed by atoms with Gasteiger partial charge in [0.25, 0.3) is 0 Å². The average Bonchev–Trinajstić information content (AvgIpc) is 2.96. The number of hydrogen-bond acceptors (Lipinski definition) is 6. The number of nitrogens with zero attached hydrogens (tertiary/aromatic N) is 4. The lowest BCUT2D eigenvalue weighted by molar-refractivity contribution is 0.0137. The van der Waals surface area contributed by atoms with Gasteiger partial charge in [-0.1, -0.05) is 6.92 Å². The Hall–Kier alpha value is -1.50. The van der Waals surface area contributed by atoms with E-state index in [1.54, 1.807) is 0 Å². The fourth-order valence-corrected chi connectivity index (χ4v) is 4.04. The number of ether oxygens (including phenoxy) is 1. The number of nitrogens with one attached hydrogen (secondary N) is 1. The number of hydrogen-bond donors (Lipinski definition) is 1. The number of piperazine rings is 1. The van der Waals surface area contributed by atoms with Crippen LogP contribution in [0.3, 0.4) is 0 Å². The first-order valence-electron chi connectivity index (χ1n) is 10.1. The molecule has 1 amide bonds. The Morgan fingerprint density at radius 2 is 2.08 bits per heavy atom. The molecule has 2 unspecified atom stereocenters. The van der Waals surface area contributed by atoms with Crippen molar-refractivity contribution in [3.63, 3.8) is 0 Å². The molecule has 2 atom stereocenters. The van der Waals surface area contributed by atoms with Crippen molar-refractivity contribution in [1.82, 2.24) is 20.0 Å². The van der Waals surface area contributed by atoms with E-state index in [9.17, 15) is 4.79 Å². The molecule has 0 radical (unpaired) electrons. The lowest BCUT2D eigenvalue weighted by Gasteiger charge is -2.39. The number of fused-ring (bicyclic) bond motifs is 1. The van der Waals surface area contributed by atoms with E-state index >= 15 is 0 Å². The molecule has 0 aromatic carbocycles. The highest BCUT2D eigenvalue weighted by Gasteiger charge is 2.36. The molecule has 2 fully saturated rings. The fourth-order valence-electron chi connectivity index (χ4n) is 4.04. The van der Waals surface area contributed by atoms with E-state index in [2.05, 4.69) is 27.0 Å². The standard InChI is InChI=1S/C19H35N5O2/c1-15-6-5-8-22(13-15)9-7-20-17-21-12-16-14-23(10-11-24(16)17)18(25)26-19(2,3)4/h15-16H,5-14H2,1-4H3,(H,20,21). The Kier molecular flexibility index (Phi) is 5.95. The largest absolute Gasteiger partial charge is 0.444 e. The summed E-state index contributed by atoms with van der Waals surface area (Å²) in [6, 6.07) is 0.272. The summed E-state index contributed by atoms with van der Waals surface area (Å²) in [6.07, 6.45) is 2.47. The first-order valence-corrected chi connectivity index (χ1v) is 10.1. The number of likely N-dealkylation sites (tertiary alicyclic amines) is 1. The van der Waals surface area contributed by atoms with Gasteiger partial charge >= 0.3 is 6.09 Å². The van der Waals surface area contributed by atoms with Crippen LogP contribution in [0.5, 0.6) is 0 Å². The third kappa shape index (κ3) is 5.02. The summed E-state index contributed by atoms with van der Waals surface area (Å²) in [7, 11) is 0. The lowest BCUT2D eigenvalue weighted by Crippen LogP contribution is -2.58. The van der Waals surface area contributed by atoms with Crippen molar-refractivity contribution in [2.24, 2.45) is 10.9 Å². The summed E-state index contributed by atoms with van der Waals surface area (Å²) in [6.45, 7) is 15.5. The van der Waals surface area contributed by atoms with Crippen molar-refractivity contribution < 1.29 is 9.53 Å². The Bertz CT molecular complexity index is 531. The lowest BCUT2D eigenvalue weighted by atomic mass is 10.0. The van der Waals surface area contributed by atoms with Gasteiger partial charge in [-0.15, -0.1) is 0 Å². The molecule has 7 heteroatoms. The molecule has 1 N–H and O–H groups in total. The highest BCUT2D eigenvalue weighted by atomic mass is 16.6. The zero-order valence-corrected chi connectivity index (χ0v) is 16.8. The molecule has 3 rings (SSSR count). The summed E-state index contributed by atoms with van der Waals surface area (Å²) < 4.78 is 5.50. The average molecular weight is 366 g/mol. The Morgan fingerprint density at radius 1 is 1.27 bits per heavy atom. The maximum absolute atomic E-state index is 12.3. The van der Waals surface area contributed by atoms with E-state index in [1.165, 1.54) is 25.9 Å². The highest BCUT2D eigenvalue weighted by Crippen LogP contribution is 2.19. The van der Waals surface area contributed by atoms with Crippen molar-refractivity contribution in [3.8, 4) is 0 Å². The van der Waals surface area contributed by atoms with Gasteiger partial charge in [-0.25, -0.2) is 4.79 Å². The van der Waals surface area contributed by atoms with Crippen molar-refractivity contribution in [1.29, 1.82) is 0 Å². The van der Waals surface area contributed by atoms with Gasteiger partial charge < -0.3 is 24.8 Å². The van der Waals surface area contributed by atoms with Crippen LogP contribution in [0.15, 0.2) is 4.99 Å². The summed E-state index contributed by atoms with van der Waals surface area (Å²) in [5.74, 6) is 1.82. The monoisotopic (exact) mass is 365 g/mol. The van der Waals surface area contributed by atoms with Gasteiger partial charge in [-0.2, -0.15) is 0 Å². The number of carbonyl (C=O) groups excluding carboxylic acids is 1. The molecule has 0 aromatic heterocycles. The van der Waals surface area contributed by atoms with Gasteiger partial charge in [0.05, 0.1) is 12.6 Å². The molecule has 2 saturated heterocycles.